The van der Waals surface area contributed by atoms with Gasteiger partial charge in [-0.05, 0) is 55.5 Å². The fraction of sp³-hybridized carbons (Fsp3) is 0.400. The number of hydrogen-bond donors (Lipinski definition) is 2. The maximum absolute atomic E-state index is 5.38. The van der Waals surface area contributed by atoms with Gasteiger partial charge in [-0.1, -0.05) is 18.2 Å². The molecular weight excluding hydrogens is 439 g/mol. The fourth-order valence-corrected chi connectivity index (χ4v) is 2.53. The summed E-state index contributed by atoms with van der Waals surface area (Å²) in [5.41, 5.74) is 3.61. The Bertz CT molecular complexity index is 677. The van der Waals surface area contributed by atoms with Crippen molar-refractivity contribution in [3.8, 4) is 5.75 Å². The van der Waals surface area contributed by atoms with Crippen LogP contribution in [0.4, 0.5) is 0 Å². The molecule has 0 aliphatic heterocycles. The van der Waals surface area contributed by atoms with Crippen molar-refractivity contribution < 1.29 is 4.74 Å². The highest BCUT2D eigenvalue weighted by Crippen LogP contribution is 2.19. The number of methoxy groups -OCH3 is 1. The Labute approximate surface area is 173 Å². The summed E-state index contributed by atoms with van der Waals surface area (Å²) in [6.07, 6.45) is 5.50. The first-order valence-electron chi connectivity index (χ1n) is 8.77. The van der Waals surface area contributed by atoms with Gasteiger partial charge in [0.1, 0.15) is 5.75 Å². The molecule has 2 aromatic rings. The molecule has 0 aliphatic carbocycles. The van der Waals surface area contributed by atoms with E-state index in [9.17, 15) is 0 Å². The minimum Gasteiger partial charge on any atom is -0.496 e. The smallest absolute Gasteiger partial charge is 0.191 e. The molecule has 2 N–H and O–H groups in total. The summed E-state index contributed by atoms with van der Waals surface area (Å²) in [6, 6.07) is 10.4. The zero-order chi connectivity index (χ0) is 17.9. The third-order valence-electron chi connectivity index (χ3n) is 3.92. The van der Waals surface area contributed by atoms with Crippen molar-refractivity contribution in [3.05, 3.63) is 59.4 Å². The number of hydrogen-bond acceptors (Lipinski definition) is 3. The quantitative estimate of drug-likeness (QED) is 0.355. The molecule has 0 aliphatic rings. The van der Waals surface area contributed by atoms with Crippen LogP contribution < -0.4 is 15.4 Å². The highest BCUT2D eigenvalue weighted by atomic mass is 127. The molecule has 0 amide bonds. The van der Waals surface area contributed by atoms with Crippen LogP contribution in [0.15, 0.2) is 47.7 Å². The molecule has 26 heavy (non-hydrogen) atoms. The van der Waals surface area contributed by atoms with Crippen LogP contribution >= 0.6 is 24.0 Å². The minimum absolute atomic E-state index is 0. The minimum atomic E-state index is 0. The summed E-state index contributed by atoms with van der Waals surface area (Å²) in [4.78, 5) is 8.79. The van der Waals surface area contributed by atoms with Crippen molar-refractivity contribution in [2.24, 2.45) is 4.99 Å². The number of pyridine rings is 1. The fourth-order valence-electron chi connectivity index (χ4n) is 2.53. The number of nitrogens with one attached hydrogen (secondary N) is 2. The SMILES string of the molecule is CCNC(=NCCc1ccc(C)c(OC)c1)NCCc1cccnc1.I. The first kappa shape index (κ1) is 22.2. The molecule has 0 atom stereocenters. The first-order valence-corrected chi connectivity index (χ1v) is 8.77. The van der Waals surface area contributed by atoms with Gasteiger partial charge in [0, 0.05) is 32.0 Å². The van der Waals surface area contributed by atoms with E-state index in [1.165, 1.54) is 11.1 Å². The average molecular weight is 468 g/mol. The third-order valence-corrected chi connectivity index (χ3v) is 3.92. The zero-order valence-electron chi connectivity index (χ0n) is 15.8. The number of aromatic nitrogens is 1. The van der Waals surface area contributed by atoms with Gasteiger partial charge in [-0.15, -0.1) is 24.0 Å². The van der Waals surface area contributed by atoms with E-state index in [0.29, 0.717) is 0 Å². The van der Waals surface area contributed by atoms with Gasteiger partial charge in [-0.25, -0.2) is 0 Å². The second-order valence-corrected chi connectivity index (χ2v) is 5.85. The average Bonchev–Trinajstić information content (AvgIpc) is 2.64. The standard InChI is InChI=1S/C20H28N4O.HI/c1-4-22-20(24-13-10-18-6-5-11-21-15-18)23-12-9-17-8-7-16(2)19(14-17)25-3;/h5-8,11,14-15H,4,9-10,12-13H2,1-3H3,(H2,22,23,24);1H. The third kappa shape index (κ3) is 7.59. The highest BCUT2D eigenvalue weighted by Gasteiger charge is 2.01. The topological polar surface area (TPSA) is 58.5 Å². The van der Waals surface area contributed by atoms with Gasteiger partial charge in [0.25, 0.3) is 0 Å². The van der Waals surface area contributed by atoms with E-state index >= 15 is 0 Å². The number of benzene rings is 1. The molecule has 0 spiro atoms. The van der Waals surface area contributed by atoms with Gasteiger partial charge in [-0.2, -0.15) is 0 Å². The van der Waals surface area contributed by atoms with Gasteiger partial charge in [0.2, 0.25) is 0 Å². The van der Waals surface area contributed by atoms with Crippen molar-refractivity contribution in [3.63, 3.8) is 0 Å². The lowest BCUT2D eigenvalue weighted by Crippen LogP contribution is -2.38. The Balaban J connectivity index is 0.00000338. The molecule has 0 unspecified atom stereocenters. The van der Waals surface area contributed by atoms with Gasteiger partial charge >= 0.3 is 0 Å². The zero-order valence-corrected chi connectivity index (χ0v) is 18.1. The summed E-state index contributed by atoms with van der Waals surface area (Å²) < 4.78 is 5.38. The van der Waals surface area contributed by atoms with Gasteiger partial charge in [-0.3, -0.25) is 9.98 Å². The van der Waals surface area contributed by atoms with E-state index in [2.05, 4.69) is 58.7 Å². The number of halogens is 1. The Hall–Kier alpha value is -1.83. The van der Waals surface area contributed by atoms with Crippen LogP contribution in [-0.4, -0.2) is 37.7 Å². The number of ether oxygens (including phenoxy) is 1. The predicted molar refractivity (Wildman–Crippen MR) is 119 cm³/mol. The van der Waals surface area contributed by atoms with Crippen molar-refractivity contribution in [1.82, 2.24) is 15.6 Å². The molecule has 1 aromatic heterocycles. The Kier molecular flexibility index (Phi) is 10.7. The molecule has 0 saturated carbocycles. The Morgan fingerprint density at radius 1 is 1.15 bits per heavy atom. The lowest BCUT2D eigenvalue weighted by atomic mass is 10.1. The second-order valence-electron chi connectivity index (χ2n) is 5.85. The largest absolute Gasteiger partial charge is 0.496 e. The molecule has 0 radical (unpaired) electrons. The number of nitrogens with zero attached hydrogens (tertiary/aromatic N) is 2. The second kappa shape index (κ2) is 12.5. The molecular formula is C20H29IN4O. The lowest BCUT2D eigenvalue weighted by molar-refractivity contribution is 0.411. The lowest BCUT2D eigenvalue weighted by Gasteiger charge is -2.11. The molecule has 0 fully saturated rings. The number of aliphatic imine (C=N–C) groups is 1. The van der Waals surface area contributed by atoms with Crippen LogP contribution in [-0.2, 0) is 12.8 Å². The molecule has 0 bridgehead atoms. The maximum Gasteiger partial charge on any atom is 0.191 e. The first-order chi connectivity index (χ1) is 12.2. The van der Waals surface area contributed by atoms with Crippen molar-refractivity contribution in [2.45, 2.75) is 26.7 Å². The van der Waals surface area contributed by atoms with E-state index in [1.807, 2.05) is 12.3 Å². The summed E-state index contributed by atoms with van der Waals surface area (Å²) in [6.45, 7) is 6.53. The van der Waals surface area contributed by atoms with Gasteiger partial charge < -0.3 is 15.4 Å². The van der Waals surface area contributed by atoms with Crippen molar-refractivity contribution in [2.75, 3.05) is 26.7 Å². The van der Waals surface area contributed by atoms with Crippen LogP contribution in [0, 0.1) is 6.92 Å². The van der Waals surface area contributed by atoms with Crippen molar-refractivity contribution in [1.29, 1.82) is 0 Å². The van der Waals surface area contributed by atoms with Gasteiger partial charge in [0.15, 0.2) is 5.96 Å². The number of aryl methyl sites for hydroxylation is 1. The van der Waals surface area contributed by atoms with Crippen LogP contribution in [0.2, 0.25) is 0 Å². The molecule has 1 heterocycles. The maximum atomic E-state index is 5.38. The molecule has 6 heteroatoms. The monoisotopic (exact) mass is 468 g/mol. The highest BCUT2D eigenvalue weighted by molar-refractivity contribution is 14.0. The number of guanidine groups is 1. The van der Waals surface area contributed by atoms with Crippen LogP contribution in [0.5, 0.6) is 5.75 Å². The summed E-state index contributed by atoms with van der Waals surface area (Å²) in [7, 11) is 1.71. The normalized spacial score (nSPS) is 10.8. The molecule has 0 saturated heterocycles. The van der Waals surface area contributed by atoms with Crippen LogP contribution in [0.25, 0.3) is 0 Å². The van der Waals surface area contributed by atoms with Crippen LogP contribution in [0.3, 0.4) is 0 Å². The van der Waals surface area contributed by atoms with E-state index < -0.39 is 0 Å². The predicted octanol–water partition coefficient (Wildman–Crippen LogP) is 3.36. The summed E-state index contributed by atoms with van der Waals surface area (Å²) in [5, 5.41) is 6.66. The molecule has 1 aromatic carbocycles. The van der Waals surface area contributed by atoms with E-state index in [0.717, 1.165) is 49.7 Å². The Morgan fingerprint density at radius 2 is 2.00 bits per heavy atom. The van der Waals surface area contributed by atoms with E-state index in [1.54, 1.807) is 13.3 Å². The molecule has 5 nitrogen and oxygen atoms in total. The van der Waals surface area contributed by atoms with E-state index in [4.69, 9.17) is 4.74 Å². The summed E-state index contributed by atoms with van der Waals surface area (Å²) >= 11 is 0. The molecule has 2 rings (SSSR count). The summed E-state index contributed by atoms with van der Waals surface area (Å²) in [5.74, 6) is 1.79. The van der Waals surface area contributed by atoms with Crippen LogP contribution in [0.1, 0.15) is 23.6 Å². The van der Waals surface area contributed by atoms with E-state index in [-0.39, 0.29) is 24.0 Å². The van der Waals surface area contributed by atoms with Crippen molar-refractivity contribution >= 4 is 29.9 Å². The molecule has 142 valence electrons. The number of rotatable bonds is 8. The Morgan fingerprint density at radius 3 is 2.69 bits per heavy atom. The van der Waals surface area contributed by atoms with Gasteiger partial charge in [0.05, 0.1) is 7.11 Å².